The summed E-state index contributed by atoms with van der Waals surface area (Å²) in [7, 11) is 1.64. The number of amides is 1. The van der Waals surface area contributed by atoms with E-state index < -0.39 is 17.7 Å². The standard InChI is InChI=1S/C12H18N2O4/c1-12(2,3)18-11(17)13-6-8-5-9(10(15)16)14(4)7-8/h5,7H,6H2,1-4H3,(H,13,17)(H,15,16). The molecule has 0 spiro atoms. The number of carboxylic acid groups (broad SMARTS) is 1. The number of aromatic nitrogens is 1. The summed E-state index contributed by atoms with van der Waals surface area (Å²) in [5.41, 5.74) is 0.337. The molecule has 0 unspecified atom stereocenters. The van der Waals surface area contributed by atoms with Gasteiger partial charge in [0.25, 0.3) is 0 Å². The summed E-state index contributed by atoms with van der Waals surface area (Å²) in [4.78, 5) is 22.2. The third-order valence-electron chi connectivity index (χ3n) is 2.12. The van der Waals surface area contributed by atoms with Gasteiger partial charge in [-0.3, -0.25) is 0 Å². The van der Waals surface area contributed by atoms with Crippen LogP contribution in [0.2, 0.25) is 0 Å². The molecule has 1 aromatic rings. The van der Waals surface area contributed by atoms with Gasteiger partial charge in [0, 0.05) is 19.8 Å². The average molecular weight is 254 g/mol. The second-order valence-electron chi connectivity index (χ2n) is 5.01. The molecular formula is C12H18N2O4. The van der Waals surface area contributed by atoms with Crippen LogP contribution in [0.25, 0.3) is 0 Å². The zero-order chi connectivity index (χ0) is 13.9. The lowest BCUT2D eigenvalue weighted by Gasteiger charge is -2.19. The van der Waals surface area contributed by atoms with Crippen LogP contribution in [0, 0.1) is 0 Å². The molecule has 0 atom stereocenters. The number of hydrogen-bond donors (Lipinski definition) is 2. The zero-order valence-electron chi connectivity index (χ0n) is 11.0. The first-order valence-corrected chi connectivity index (χ1v) is 5.54. The van der Waals surface area contributed by atoms with Crippen LogP contribution in [0.1, 0.15) is 36.8 Å². The summed E-state index contributed by atoms with van der Waals surface area (Å²) in [6, 6.07) is 1.51. The van der Waals surface area contributed by atoms with Crippen molar-refractivity contribution in [1.29, 1.82) is 0 Å². The van der Waals surface area contributed by atoms with E-state index in [2.05, 4.69) is 5.32 Å². The molecule has 2 N–H and O–H groups in total. The Kier molecular flexibility index (Phi) is 4.00. The first-order valence-electron chi connectivity index (χ1n) is 5.54. The van der Waals surface area contributed by atoms with Gasteiger partial charge in [-0.05, 0) is 32.4 Å². The fourth-order valence-corrected chi connectivity index (χ4v) is 1.43. The lowest BCUT2D eigenvalue weighted by molar-refractivity contribution is 0.0523. The van der Waals surface area contributed by atoms with E-state index in [9.17, 15) is 9.59 Å². The van der Waals surface area contributed by atoms with E-state index in [0.717, 1.165) is 0 Å². The minimum atomic E-state index is -0.999. The Labute approximate surface area is 106 Å². The van der Waals surface area contributed by atoms with Crippen LogP contribution in [-0.4, -0.2) is 27.3 Å². The molecule has 0 aliphatic carbocycles. The van der Waals surface area contributed by atoms with E-state index in [4.69, 9.17) is 9.84 Å². The summed E-state index contributed by atoms with van der Waals surface area (Å²) in [5.74, 6) is -0.999. The van der Waals surface area contributed by atoms with Crippen LogP contribution in [0.3, 0.4) is 0 Å². The van der Waals surface area contributed by atoms with Crippen molar-refractivity contribution in [2.24, 2.45) is 7.05 Å². The van der Waals surface area contributed by atoms with Gasteiger partial charge in [-0.15, -0.1) is 0 Å². The van der Waals surface area contributed by atoms with Crippen molar-refractivity contribution in [2.45, 2.75) is 32.9 Å². The molecule has 6 nitrogen and oxygen atoms in total. The Balaban J connectivity index is 2.57. The maximum absolute atomic E-state index is 11.4. The second kappa shape index (κ2) is 5.12. The summed E-state index contributed by atoms with van der Waals surface area (Å²) in [6.07, 6.45) is 1.13. The van der Waals surface area contributed by atoms with Crippen molar-refractivity contribution >= 4 is 12.1 Å². The van der Waals surface area contributed by atoms with E-state index in [-0.39, 0.29) is 12.2 Å². The number of carboxylic acids is 1. The average Bonchev–Trinajstić information content (AvgIpc) is 2.54. The molecule has 1 aromatic heterocycles. The van der Waals surface area contributed by atoms with Crippen LogP contribution in [-0.2, 0) is 18.3 Å². The SMILES string of the molecule is Cn1cc(CNC(=O)OC(C)(C)C)cc1C(=O)O. The van der Waals surface area contributed by atoms with Gasteiger partial charge in [0.15, 0.2) is 0 Å². The van der Waals surface area contributed by atoms with Gasteiger partial charge >= 0.3 is 12.1 Å². The van der Waals surface area contributed by atoms with Gasteiger partial charge in [-0.2, -0.15) is 0 Å². The lowest BCUT2D eigenvalue weighted by Crippen LogP contribution is -2.32. The number of hydrogen-bond acceptors (Lipinski definition) is 3. The number of ether oxygens (including phenoxy) is 1. The number of nitrogens with one attached hydrogen (secondary N) is 1. The van der Waals surface area contributed by atoms with E-state index in [1.807, 2.05) is 0 Å². The monoisotopic (exact) mass is 254 g/mol. The second-order valence-corrected chi connectivity index (χ2v) is 5.01. The molecular weight excluding hydrogens is 236 g/mol. The van der Waals surface area contributed by atoms with Crippen molar-refractivity contribution in [2.75, 3.05) is 0 Å². The number of carbonyl (C=O) groups excluding carboxylic acids is 1. The van der Waals surface area contributed by atoms with Crippen molar-refractivity contribution < 1.29 is 19.4 Å². The van der Waals surface area contributed by atoms with Crippen molar-refractivity contribution in [3.63, 3.8) is 0 Å². The first-order chi connectivity index (χ1) is 8.19. The summed E-state index contributed by atoms with van der Waals surface area (Å²) in [5, 5.41) is 11.4. The number of nitrogens with zero attached hydrogens (tertiary/aromatic N) is 1. The minimum absolute atomic E-state index is 0.177. The Morgan fingerprint density at radius 1 is 1.44 bits per heavy atom. The van der Waals surface area contributed by atoms with Crippen molar-refractivity contribution in [3.8, 4) is 0 Å². The molecule has 0 aliphatic heterocycles. The Bertz CT molecular complexity index is 457. The van der Waals surface area contributed by atoms with Gasteiger partial charge in [0.2, 0.25) is 0 Å². The highest BCUT2D eigenvalue weighted by Gasteiger charge is 2.16. The van der Waals surface area contributed by atoms with Crippen LogP contribution in [0.5, 0.6) is 0 Å². The number of rotatable bonds is 3. The molecule has 100 valence electrons. The normalized spacial score (nSPS) is 11.1. The number of aromatic carboxylic acids is 1. The number of carbonyl (C=O) groups is 2. The van der Waals surface area contributed by atoms with Gasteiger partial charge in [0.05, 0.1) is 0 Å². The minimum Gasteiger partial charge on any atom is -0.477 e. The predicted octanol–water partition coefficient (Wildman–Crippen LogP) is 1.75. The topological polar surface area (TPSA) is 80.6 Å². The van der Waals surface area contributed by atoms with Gasteiger partial charge in [-0.25, -0.2) is 9.59 Å². The highest BCUT2D eigenvalue weighted by atomic mass is 16.6. The summed E-state index contributed by atoms with van der Waals surface area (Å²) in [6.45, 7) is 5.56. The molecule has 0 bridgehead atoms. The van der Waals surface area contributed by atoms with E-state index in [1.54, 1.807) is 34.0 Å². The molecule has 1 heterocycles. The highest BCUT2D eigenvalue weighted by molar-refractivity contribution is 5.86. The van der Waals surface area contributed by atoms with Crippen LogP contribution in [0.15, 0.2) is 12.3 Å². The fraction of sp³-hybridized carbons (Fsp3) is 0.500. The van der Waals surface area contributed by atoms with Gasteiger partial charge < -0.3 is 19.7 Å². The summed E-state index contributed by atoms with van der Waals surface area (Å²) < 4.78 is 6.57. The quantitative estimate of drug-likeness (QED) is 0.861. The maximum atomic E-state index is 11.4. The van der Waals surface area contributed by atoms with Crippen LogP contribution >= 0.6 is 0 Å². The fourth-order valence-electron chi connectivity index (χ4n) is 1.43. The number of aryl methyl sites for hydroxylation is 1. The molecule has 1 rings (SSSR count). The molecule has 6 heteroatoms. The van der Waals surface area contributed by atoms with Crippen LogP contribution < -0.4 is 5.32 Å². The third-order valence-corrected chi connectivity index (χ3v) is 2.12. The van der Waals surface area contributed by atoms with E-state index in [0.29, 0.717) is 5.56 Å². The number of alkyl carbamates (subject to hydrolysis) is 1. The van der Waals surface area contributed by atoms with E-state index in [1.165, 1.54) is 10.6 Å². The molecule has 18 heavy (non-hydrogen) atoms. The Morgan fingerprint density at radius 3 is 2.50 bits per heavy atom. The maximum Gasteiger partial charge on any atom is 0.407 e. The van der Waals surface area contributed by atoms with E-state index >= 15 is 0 Å². The van der Waals surface area contributed by atoms with Crippen LogP contribution in [0.4, 0.5) is 4.79 Å². The third kappa shape index (κ3) is 4.12. The molecule has 0 saturated heterocycles. The Morgan fingerprint density at radius 2 is 2.06 bits per heavy atom. The zero-order valence-corrected chi connectivity index (χ0v) is 11.0. The molecule has 0 fully saturated rings. The largest absolute Gasteiger partial charge is 0.477 e. The molecule has 0 aromatic carbocycles. The highest BCUT2D eigenvalue weighted by Crippen LogP contribution is 2.09. The van der Waals surface area contributed by atoms with Gasteiger partial charge in [-0.1, -0.05) is 0 Å². The molecule has 0 aliphatic rings. The van der Waals surface area contributed by atoms with Gasteiger partial charge in [0.1, 0.15) is 11.3 Å². The molecule has 1 amide bonds. The lowest BCUT2D eigenvalue weighted by atomic mass is 10.2. The summed E-state index contributed by atoms with van der Waals surface area (Å²) >= 11 is 0. The smallest absolute Gasteiger partial charge is 0.407 e. The first kappa shape index (κ1) is 14.1. The van der Waals surface area contributed by atoms with Crippen molar-refractivity contribution in [1.82, 2.24) is 9.88 Å². The molecule has 0 radical (unpaired) electrons. The predicted molar refractivity (Wildman–Crippen MR) is 65.4 cm³/mol. The molecule has 0 saturated carbocycles. The van der Waals surface area contributed by atoms with Crippen molar-refractivity contribution in [3.05, 3.63) is 23.5 Å². The Hall–Kier alpha value is -1.98.